The molecule has 0 aliphatic carbocycles. The summed E-state index contributed by atoms with van der Waals surface area (Å²) in [6, 6.07) is 3.32. The summed E-state index contributed by atoms with van der Waals surface area (Å²) in [5.74, 6) is 1.08. The lowest BCUT2D eigenvalue weighted by Crippen LogP contribution is -2.09. The zero-order valence-electron chi connectivity index (χ0n) is 11.7. The van der Waals surface area contributed by atoms with Crippen LogP contribution < -0.4 is 9.47 Å². The Kier molecular flexibility index (Phi) is 8.25. The first-order valence-corrected chi connectivity index (χ1v) is 7.04. The van der Waals surface area contributed by atoms with E-state index in [4.69, 9.17) is 18.9 Å². The Labute approximate surface area is 127 Å². The van der Waals surface area contributed by atoms with E-state index in [1.165, 1.54) is 7.11 Å². The van der Waals surface area contributed by atoms with Gasteiger partial charge in [-0.3, -0.25) is 4.79 Å². The highest BCUT2D eigenvalue weighted by atomic mass is 79.9. The van der Waals surface area contributed by atoms with E-state index in [1.54, 1.807) is 19.2 Å². The third-order valence-corrected chi connectivity index (χ3v) is 3.09. The van der Waals surface area contributed by atoms with E-state index in [9.17, 15) is 4.79 Å². The number of rotatable bonds is 10. The Morgan fingerprint density at radius 2 is 1.95 bits per heavy atom. The second-order valence-electron chi connectivity index (χ2n) is 3.96. The minimum Gasteiger partial charge on any atom is -0.493 e. The van der Waals surface area contributed by atoms with Crippen molar-refractivity contribution in [3.63, 3.8) is 0 Å². The van der Waals surface area contributed by atoms with Crippen LogP contribution >= 0.6 is 15.9 Å². The molecule has 0 fully saturated rings. The fraction of sp³-hybridized carbons (Fsp3) is 0.500. The molecule has 6 heteroatoms. The maximum Gasteiger partial charge on any atom is 0.175 e. The van der Waals surface area contributed by atoms with Crippen molar-refractivity contribution in [3.8, 4) is 11.5 Å². The summed E-state index contributed by atoms with van der Waals surface area (Å²) in [5, 5.41) is 0. The fourth-order valence-electron chi connectivity index (χ4n) is 1.56. The van der Waals surface area contributed by atoms with Crippen molar-refractivity contribution in [2.45, 2.75) is 6.42 Å². The van der Waals surface area contributed by atoms with Gasteiger partial charge in [0.2, 0.25) is 0 Å². The maximum atomic E-state index is 10.8. The molecule has 1 aromatic rings. The molecular weight excluding hydrogens is 328 g/mol. The lowest BCUT2D eigenvalue weighted by molar-refractivity contribution is 0.0797. The van der Waals surface area contributed by atoms with Gasteiger partial charge in [-0.05, 0) is 34.5 Å². The van der Waals surface area contributed by atoms with E-state index in [1.807, 2.05) is 0 Å². The summed E-state index contributed by atoms with van der Waals surface area (Å²) in [4.78, 5) is 10.8. The number of halogens is 1. The summed E-state index contributed by atoms with van der Waals surface area (Å²) in [5.41, 5.74) is 0.525. The number of aldehydes is 1. The molecule has 0 saturated carbocycles. The van der Waals surface area contributed by atoms with Gasteiger partial charge in [0.1, 0.15) is 12.9 Å². The number of hydrogen-bond acceptors (Lipinski definition) is 5. The van der Waals surface area contributed by atoms with Crippen LogP contribution in [0.1, 0.15) is 16.8 Å². The highest BCUT2D eigenvalue weighted by molar-refractivity contribution is 9.10. The minimum atomic E-state index is 0.405. The Morgan fingerprint density at radius 1 is 1.15 bits per heavy atom. The highest BCUT2D eigenvalue weighted by Gasteiger charge is 2.11. The molecule has 0 radical (unpaired) electrons. The molecule has 112 valence electrons. The Balaban J connectivity index is 2.45. The maximum absolute atomic E-state index is 10.8. The van der Waals surface area contributed by atoms with Gasteiger partial charge < -0.3 is 18.9 Å². The predicted molar refractivity (Wildman–Crippen MR) is 78.9 cm³/mol. The third-order valence-electron chi connectivity index (χ3n) is 2.50. The van der Waals surface area contributed by atoms with E-state index in [-0.39, 0.29) is 0 Å². The van der Waals surface area contributed by atoms with Crippen molar-refractivity contribution in [2.75, 3.05) is 40.6 Å². The molecule has 0 aromatic heterocycles. The Hall–Kier alpha value is -1.11. The van der Waals surface area contributed by atoms with Gasteiger partial charge in [0.15, 0.2) is 11.5 Å². The molecule has 0 spiro atoms. The van der Waals surface area contributed by atoms with Crippen molar-refractivity contribution >= 4 is 22.2 Å². The lowest BCUT2D eigenvalue weighted by Gasteiger charge is -2.13. The molecule has 0 amide bonds. The number of carbonyl (C=O) groups excluding carboxylic acids is 1. The molecule has 0 N–H and O–H groups in total. The SMILES string of the molecule is COCCCOCCOc1c(Br)cc(C=O)cc1OC. The van der Waals surface area contributed by atoms with Gasteiger partial charge in [-0.1, -0.05) is 0 Å². The van der Waals surface area contributed by atoms with Gasteiger partial charge in [-0.25, -0.2) is 0 Å². The van der Waals surface area contributed by atoms with Crippen molar-refractivity contribution in [2.24, 2.45) is 0 Å². The van der Waals surface area contributed by atoms with Crippen molar-refractivity contribution in [1.29, 1.82) is 0 Å². The molecule has 0 saturated heterocycles. The van der Waals surface area contributed by atoms with Crippen LogP contribution in [0.5, 0.6) is 11.5 Å². The van der Waals surface area contributed by atoms with E-state index < -0.39 is 0 Å². The van der Waals surface area contributed by atoms with Gasteiger partial charge in [0.05, 0.1) is 18.2 Å². The summed E-state index contributed by atoms with van der Waals surface area (Å²) in [6.45, 7) is 2.21. The van der Waals surface area contributed by atoms with E-state index in [2.05, 4.69) is 15.9 Å². The molecule has 0 unspecified atom stereocenters. The summed E-state index contributed by atoms with van der Waals surface area (Å²) in [6.07, 6.45) is 1.62. The predicted octanol–water partition coefficient (Wildman–Crippen LogP) is 2.70. The topological polar surface area (TPSA) is 54.0 Å². The van der Waals surface area contributed by atoms with Gasteiger partial charge in [-0.2, -0.15) is 0 Å². The van der Waals surface area contributed by atoms with Gasteiger partial charge in [-0.15, -0.1) is 0 Å². The van der Waals surface area contributed by atoms with Crippen LogP contribution in [0.25, 0.3) is 0 Å². The van der Waals surface area contributed by atoms with E-state index in [0.29, 0.717) is 48.0 Å². The van der Waals surface area contributed by atoms with Crippen molar-refractivity contribution in [3.05, 3.63) is 22.2 Å². The molecule has 0 bridgehead atoms. The molecule has 20 heavy (non-hydrogen) atoms. The first kappa shape index (κ1) is 16.9. The lowest BCUT2D eigenvalue weighted by atomic mass is 10.2. The number of benzene rings is 1. The zero-order valence-corrected chi connectivity index (χ0v) is 13.3. The summed E-state index contributed by atoms with van der Waals surface area (Å²) in [7, 11) is 3.19. The van der Waals surface area contributed by atoms with Crippen LogP contribution in [0.15, 0.2) is 16.6 Å². The molecule has 1 aromatic carbocycles. The average molecular weight is 347 g/mol. The normalized spacial score (nSPS) is 10.3. The van der Waals surface area contributed by atoms with Crippen molar-refractivity contribution < 1.29 is 23.7 Å². The fourth-order valence-corrected chi connectivity index (χ4v) is 2.13. The van der Waals surface area contributed by atoms with Crippen LogP contribution in [-0.2, 0) is 9.47 Å². The molecule has 1 rings (SSSR count). The minimum absolute atomic E-state index is 0.405. The van der Waals surface area contributed by atoms with Crippen LogP contribution in [0.2, 0.25) is 0 Å². The standard InChI is InChI=1S/C14H19BrO5/c1-17-4-3-5-19-6-7-20-14-12(15)8-11(10-16)9-13(14)18-2/h8-10H,3-7H2,1-2H3. The van der Waals surface area contributed by atoms with Crippen LogP contribution in [-0.4, -0.2) is 46.9 Å². The number of hydrogen-bond donors (Lipinski definition) is 0. The van der Waals surface area contributed by atoms with Crippen LogP contribution in [0, 0.1) is 0 Å². The molecule has 0 aliphatic heterocycles. The first-order valence-electron chi connectivity index (χ1n) is 6.25. The summed E-state index contributed by atoms with van der Waals surface area (Å²) < 4.78 is 21.8. The van der Waals surface area contributed by atoms with Crippen LogP contribution in [0.4, 0.5) is 0 Å². The molecule has 0 atom stereocenters. The number of carbonyl (C=O) groups is 1. The number of ether oxygens (including phenoxy) is 4. The second-order valence-corrected chi connectivity index (χ2v) is 4.81. The molecule has 0 aliphatic rings. The van der Waals surface area contributed by atoms with Gasteiger partial charge in [0, 0.05) is 25.9 Å². The van der Waals surface area contributed by atoms with Crippen LogP contribution in [0.3, 0.4) is 0 Å². The Bertz CT molecular complexity index is 422. The largest absolute Gasteiger partial charge is 0.493 e. The summed E-state index contributed by atoms with van der Waals surface area (Å²) >= 11 is 3.36. The molecule has 0 heterocycles. The quantitative estimate of drug-likeness (QED) is 0.481. The third kappa shape index (κ3) is 5.48. The van der Waals surface area contributed by atoms with Gasteiger partial charge >= 0.3 is 0 Å². The molecule has 5 nitrogen and oxygen atoms in total. The van der Waals surface area contributed by atoms with Crippen molar-refractivity contribution in [1.82, 2.24) is 0 Å². The zero-order chi connectivity index (χ0) is 14.8. The highest BCUT2D eigenvalue weighted by Crippen LogP contribution is 2.36. The monoisotopic (exact) mass is 346 g/mol. The second kappa shape index (κ2) is 9.74. The Morgan fingerprint density at radius 3 is 2.60 bits per heavy atom. The average Bonchev–Trinajstić information content (AvgIpc) is 2.47. The first-order chi connectivity index (χ1) is 9.72. The van der Waals surface area contributed by atoms with E-state index in [0.717, 1.165) is 12.7 Å². The number of methoxy groups -OCH3 is 2. The van der Waals surface area contributed by atoms with Gasteiger partial charge in [0.25, 0.3) is 0 Å². The smallest absolute Gasteiger partial charge is 0.175 e. The molecular formula is C14H19BrO5. The van der Waals surface area contributed by atoms with E-state index >= 15 is 0 Å².